The van der Waals surface area contributed by atoms with Crippen molar-refractivity contribution in [3.63, 3.8) is 0 Å². The van der Waals surface area contributed by atoms with Crippen LogP contribution in [0.5, 0.6) is 5.75 Å². The first-order chi connectivity index (χ1) is 11.1. The van der Waals surface area contributed by atoms with Crippen LogP contribution in [0.15, 0.2) is 60.7 Å². The second-order valence-corrected chi connectivity index (χ2v) is 5.79. The van der Waals surface area contributed by atoms with Crippen molar-refractivity contribution >= 4 is 12.2 Å². The second-order valence-electron chi connectivity index (χ2n) is 5.40. The lowest BCUT2D eigenvalue weighted by Crippen LogP contribution is -2.12. The maximum atomic E-state index is 6.36. The van der Waals surface area contributed by atoms with E-state index in [0.717, 1.165) is 28.3 Å². The van der Waals surface area contributed by atoms with Crippen molar-refractivity contribution in [3.05, 3.63) is 87.9 Å². The molecule has 1 aromatic heterocycles. The van der Waals surface area contributed by atoms with E-state index in [-0.39, 0.29) is 6.10 Å². The number of benzene rings is 2. The molecule has 0 amide bonds. The Morgan fingerprint density at radius 1 is 0.913 bits per heavy atom. The summed E-state index contributed by atoms with van der Waals surface area (Å²) in [5.41, 5.74) is 3.88. The molecule has 0 radical (unpaired) electrons. The lowest BCUT2D eigenvalue weighted by molar-refractivity contribution is 0.241. The molecule has 4 heteroatoms. The molecule has 1 heterocycles. The summed E-state index contributed by atoms with van der Waals surface area (Å²) >= 11 is 5.12. The lowest BCUT2D eigenvalue weighted by Gasteiger charge is -2.22. The highest BCUT2D eigenvalue weighted by Gasteiger charge is 2.18. The molecule has 0 aliphatic heterocycles. The monoisotopic (exact) mass is 322 g/mol. The van der Waals surface area contributed by atoms with Gasteiger partial charge in [0.05, 0.1) is 11.4 Å². The van der Waals surface area contributed by atoms with Crippen molar-refractivity contribution < 1.29 is 4.74 Å². The van der Waals surface area contributed by atoms with E-state index in [9.17, 15) is 0 Å². The number of nitrogens with zero attached hydrogens (tertiary/aromatic N) is 1. The largest absolute Gasteiger partial charge is 0.477 e. The SMILES string of the molecule is Cc1nc(=S)[nH]c(C)c1OC(c1ccccc1)c1ccccc1. The van der Waals surface area contributed by atoms with E-state index in [2.05, 4.69) is 34.2 Å². The lowest BCUT2D eigenvalue weighted by atomic mass is 10.0. The molecule has 0 atom stereocenters. The Morgan fingerprint density at radius 2 is 1.43 bits per heavy atom. The highest BCUT2D eigenvalue weighted by molar-refractivity contribution is 7.71. The first-order valence-electron chi connectivity index (χ1n) is 7.49. The molecule has 0 saturated carbocycles. The van der Waals surface area contributed by atoms with Crippen molar-refractivity contribution in [1.29, 1.82) is 0 Å². The highest BCUT2D eigenvalue weighted by Crippen LogP contribution is 2.31. The molecule has 0 saturated heterocycles. The number of hydrogen-bond acceptors (Lipinski definition) is 3. The van der Waals surface area contributed by atoms with Crippen LogP contribution in [-0.4, -0.2) is 9.97 Å². The molecule has 0 aliphatic rings. The number of aromatic amines is 1. The molecule has 23 heavy (non-hydrogen) atoms. The Morgan fingerprint density at radius 3 is 1.91 bits per heavy atom. The van der Waals surface area contributed by atoms with Crippen molar-refractivity contribution in [2.45, 2.75) is 20.0 Å². The average molecular weight is 322 g/mol. The Bertz CT molecular complexity index is 778. The van der Waals surface area contributed by atoms with Crippen LogP contribution in [0.3, 0.4) is 0 Å². The van der Waals surface area contributed by atoms with Gasteiger partial charge in [-0.05, 0) is 37.2 Å². The van der Waals surface area contributed by atoms with Crippen molar-refractivity contribution in [2.24, 2.45) is 0 Å². The summed E-state index contributed by atoms with van der Waals surface area (Å²) in [5.74, 6) is 0.747. The molecule has 3 aromatic rings. The van der Waals surface area contributed by atoms with E-state index >= 15 is 0 Å². The summed E-state index contributed by atoms with van der Waals surface area (Å²) in [6.07, 6.45) is -0.194. The molecule has 3 nitrogen and oxygen atoms in total. The highest BCUT2D eigenvalue weighted by atomic mass is 32.1. The minimum Gasteiger partial charge on any atom is -0.477 e. The number of H-pyrrole nitrogens is 1. The predicted octanol–water partition coefficient (Wildman–Crippen LogP) is 4.92. The van der Waals surface area contributed by atoms with E-state index in [0.29, 0.717) is 4.77 Å². The van der Waals surface area contributed by atoms with Gasteiger partial charge in [-0.25, -0.2) is 4.98 Å². The summed E-state index contributed by atoms with van der Waals surface area (Å²) in [6, 6.07) is 20.4. The number of hydrogen-bond donors (Lipinski definition) is 1. The quantitative estimate of drug-likeness (QED) is 0.693. The van der Waals surface area contributed by atoms with E-state index in [1.54, 1.807) is 0 Å². The Hall–Kier alpha value is -2.46. The van der Waals surface area contributed by atoms with Crippen LogP contribution in [-0.2, 0) is 0 Å². The third-order valence-corrected chi connectivity index (χ3v) is 3.87. The fraction of sp³-hybridized carbons (Fsp3) is 0.158. The zero-order valence-electron chi connectivity index (χ0n) is 13.1. The summed E-state index contributed by atoms with van der Waals surface area (Å²) in [7, 11) is 0. The summed E-state index contributed by atoms with van der Waals surface area (Å²) in [6.45, 7) is 3.87. The minimum absolute atomic E-state index is 0.194. The first kappa shape index (κ1) is 15.4. The second kappa shape index (κ2) is 6.75. The van der Waals surface area contributed by atoms with Gasteiger partial charge in [0.15, 0.2) is 10.5 Å². The standard InChI is InChI=1S/C19H18N2OS/c1-13-17(14(2)21-19(23)20-13)22-18(15-9-5-3-6-10-15)16-11-7-4-8-12-16/h3-12,18H,1-2H3,(H,20,21,23). The third-order valence-electron chi connectivity index (χ3n) is 3.67. The first-order valence-corrected chi connectivity index (χ1v) is 7.90. The molecule has 0 aliphatic carbocycles. The normalized spacial score (nSPS) is 10.7. The molecular formula is C19H18N2OS. The zero-order valence-corrected chi connectivity index (χ0v) is 13.9. The number of aromatic nitrogens is 2. The smallest absolute Gasteiger partial charge is 0.197 e. The predicted molar refractivity (Wildman–Crippen MR) is 94.3 cm³/mol. The van der Waals surface area contributed by atoms with Crippen LogP contribution in [0.25, 0.3) is 0 Å². The molecule has 0 fully saturated rings. The number of ether oxygens (including phenoxy) is 1. The Labute approximate surface area is 141 Å². The van der Waals surface area contributed by atoms with Crippen LogP contribution >= 0.6 is 12.2 Å². The summed E-state index contributed by atoms with van der Waals surface area (Å²) < 4.78 is 6.84. The molecule has 116 valence electrons. The molecule has 0 bridgehead atoms. The average Bonchev–Trinajstić information content (AvgIpc) is 2.56. The van der Waals surface area contributed by atoms with E-state index in [1.807, 2.05) is 50.2 Å². The van der Waals surface area contributed by atoms with Crippen LogP contribution < -0.4 is 4.74 Å². The van der Waals surface area contributed by atoms with Crippen LogP contribution in [0, 0.1) is 18.6 Å². The summed E-state index contributed by atoms with van der Waals surface area (Å²) in [5, 5.41) is 0. The van der Waals surface area contributed by atoms with Crippen LogP contribution in [0.2, 0.25) is 0 Å². The molecular weight excluding hydrogens is 304 g/mol. The molecule has 0 unspecified atom stereocenters. The van der Waals surface area contributed by atoms with E-state index in [1.165, 1.54) is 0 Å². The fourth-order valence-corrected chi connectivity index (χ4v) is 2.89. The number of aryl methyl sites for hydroxylation is 2. The van der Waals surface area contributed by atoms with Gasteiger partial charge < -0.3 is 9.72 Å². The van der Waals surface area contributed by atoms with E-state index in [4.69, 9.17) is 17.0 Å². The molecule has 2 aromatic carbocycles. The maximum absolute atomic E-state index is 6.36. The number of rotatable bonds is 4. The van der Waals surface area contributed by atoms with Gasteiger partial charge in [0, 0.05) is 0 Å². The number of nitrogens with one attached hydrogen (secondary N) is 1. The van der Waals surface area contributed by atoms with Gasteiger partial charge in [-0.15, -0.1) is 0 Å². The third kappa shape index (κ3) is 3.48. The van der Waals surface area contributed by atoms with Gasteiger partial charge in [0.2, 0.25) is 0 Å². The minimum atomic E-state index is -0.194. The van der Waals surface area contributed by atoms with Gasteiger partial charge in [-0.1, -0.05) is 60.7 Å². The van der Waals surface area contributed by atoms with Crippen molar-refractivity contribution in [1.82, 2.24) is 9.97 Å². The van der Waals surface area contributed by atoms with Crippen LogP contribution in [0.4, 0.5) is 0 Å². The maximum Gasteiger partial charge on any atom is 0.197 e. The zero-order chi connectivity index (χ0) is 16.2. The topological polar surface area (TPSA) is 37.9 Å². The van der Waals surface area contributed by atoms with Gasteiger partial charge >= 0.3 is 0 Å². The fourth-order valence-electron chi connectivity index (χ4n) is 2.60. The van der Waals surface area contributed by atoms with Crippen molar-refractivity contribution in [3.8, 4) is 5.75 Å². The molecule has 3 rings (SSSR count). The van der Waals surface area contributed by atoms with Crippen molar-refractivity contribution in [2.75, 3.05) is 0 Å². The van der Waals surface area contributed by atoms with Gasteiger partial charge in [0.1, 0.15) is 6.10 Å². The van der Waals surface area contributed by atoms with Crippen LogP contribution in [0.1, 0.15) is 28.6 Å². The van der Waals surface area contributed by atoms with E-state index < -0.39 is 0 Å². The van der Waals surface area contributed by atoms with Gasteiger partial charge in [-0.2, -0.15) is 0 Å². The Balaban J connectivity index is 2.06. The molecule has 0 spiro atoms. The molecule has 1 N–H and O–H groups in total. The summed E-state index contributed by atoms with van der Waals surface area (Å²) in [4.78, 5) is 7.38. The van der Waals surface area contributed by atoms with Gasteiger partial charge in [-0.3, -0.25) is 0 Å². The Kier molecular flexibility index (Phi) is 4.53. The van der Waals surface area contributed by atoms with Gasteiger partial charge in [0.25, 0.3) is 0 Å².